The number of nitro benzene ring substituents is 1. The third-order valence-corrected chi connectivity index (χ3v) is 4.13. The van der Waals surface area contributed by atoms with Crippen LogP contribution < -0.4 is 5.32 Å². The van der Waals surface area contributed by atoms with Crippen molar-refractivity contribution in [3.05, 3.63) is 94.2 Å². The first-order valence-electron chi connectivity index (χ1n) is 8.70. The molecule has 144 valence electrons. The van der Waals surface area contributed by atoms with Crippen molar-refractivity contribution in [1.82, 2.24) is 14.8 Å². The van der Waals surface area contributed by atoms with Gasteiger partial charge in [0, 0.05) is 24.2 Å². The molecule has 1 N–H and O–H groups in total. The number of nitrogens with zero attached hydrogens (tertiary/aromatic N) is 4. The third-order valence-electron chi connectivity index (χ3n) is 4.13. The number of carbonyl (C=O) groups is 1. The molecule has 0 bridgehead atoms. The maximum Gasteiger partial charge on any atom is 0.281 e. The zero-order chi connectivity index (χ0) is 20.2. The molecule has 0 aliphatic heterocycles. The van der Waals surface area contributed by atoms with Gasteiger partial charge in [-0.25, -0.2) is 0 Å². The summed E-state index contributed by atoms with van der Waals surface area (Å²) >= 11 is 0. The number of hydrogen-bond donors (Lipinski definition) is 1. The van der Waals surface area contributed by atoms with Crippen molar-refractivity contribution in [2.45, 2.75) is 6.54 Å². The van der Waals surface area contributed by atoms with E-state index in [1.807, 2.05) is 6.07 Å². The van der Waals surface area contributed by atoms with Crippen molar-refractivity contribution in [3.63, 3.8) is 0 Å². The third kappa shape index (κ3) is 3.88. The van der Waals surface area contributed by atoms with Crippen molar-refractivity contribution in [1.29, 1.82) is 0 Å². The Morgan fingerprint density at radius 3 is 2.66 bits per heavy atom. The minimum absolute atomic E-state index is 0.0117. The largest absolute Gasteiger partial charge is 0.461 e. The van der Waals surface area contributed by atoms with Crippen molar-refractivity contribution < 1.29 is 14.1 Å². The quantitative estimate of drug-likeness (QED) is 0.394. The number of anilines is 1. The molecule has 29 heavy (non-hydrogen) atoms. The second-order valence-corrected chi connectivity index (χ2v) is 6.10. The molecule has 2 aromatic carbocycles. The average molecular weight is 389 g/mol. The monoisotopic (exact) mass is 389 g/mol. The number of nitro groups is 1. The summed E-state index contributed by atoms with van der Waals surface area (Å²) in [4.78, 5) is 27.8. The fourth-order valence-electron chi connectivity index (χ4n) is 2.74. The number of nitrogens with one attached hydrogen (secondary N) is 1. The fraction of sp³-hybridized carbons (Fsp3) is 0.0500. The van der Waals surface area contributed by atoms with Crippen molar-refractivity contribution in [3.8, 4) is 11.6 Å². The van der Waals surface area contributed by atoms with Crippen molar-refractivity contribution >= 4 is 17.5 Å². The molecular weight excluding hydrogens is 374 g/mol. The van der Waals surface area contributed by atoms with Crippen LogP contribution >= 0.6 is 0 Å². The van der Waals surface area contributed by atoms with E-state index in [0.717, 1.165) is 4.68 Å². The number of non-ortho nitro benzene ring substituents is 1. The highest BCUT2D eigenvalue weighted by atomic mass is 16.6. The Hall–Kier alpha value is -4.27. The van der Waals surface area contributed by atoms with Crippen LogP contribution in [0.25, 0.3) is 11.6 Å². The normalized spacial score (nSPS) is 10.6. The number of carbonyl (C=O) groups excluding carboxylic acids is 1. The molecule has 0 saturated heterocycles. The lowest BCUT2D eigenvalue weighted by Crippen LogP contribution is -2.17. The van der Waals surface area contributed by atoms with Crippen LogP contribution in [-0.4, -0.2) is 25.6 Å². The van der Waals surface area contributed by atoms with Crippen molar-refractivity contribution in [2.75, 3.05) is 5.32 Å². The highest BCUT2D eigenvalue weighted by Gasteiger charge is 2.20. The predicted octanol–water partition coefficient (Wildman–Crippen LogP) is 3.75. The van der Waals surface area contributed by atoms with Crippen molar-refractivity contribution in [2.24, 2.45) is 0 Å². The molecule has 0 atom stereocenters. The summed E-state index contributed by atoms with van der Waals surface area (Å²) in [5, 5.41) is 18.3. The van der Waals surface area contributed by atoms with E-state index < -0.39 is 4.92 Å². The number of furan rings is 1. The summed E-state index contributed by atoms with van der Waals surface area (Å²) in [6.45, 7) is 0.222. The van der Waals surface area contributed by atoms with E-state index in [1.165, 1.54) is 18.4 Å². The molecule has 9 heteroatoms. The van der Waals surface area contributed by atoms with Crippen LogP contribution in [0, 0.1) is 10.1 Å². The molecular formula is C20H15N5O4. The van der Waals surface area contributed by atoms with Gasteiger partial charge in [-0.3, -0.25) is 14.9 Å². The molecule has 0 fully saturated rings. The van der Waals surface area contributed by atoms with Crippen LogP contribution in [0.3, 0.4) is 0 Å². The van der Waals surface area contributed by atoms with Crippen LogP contribution in [0.4, 0.5) is 11.6 Å². The topological polar surface area (TPSA) is 116 Å². The van der Waals surface area contributed by atoms with E-state index in [9.17, 15) is 14.9 Å². The Morgan fingerprint density at radius 2 is 1.93 bits per heavy atom. The van der Waals surface area contributed by atoms with Gasteiger partial charge in [0.15, 0.2) is 5.76 Å². The summed E-state index contributed by atoms with van der Waals surface area (Å²) < 4.78 is 6.48. The van der Waals surface area contributed by atoms with Gasteiger partial charge in [0.1, 0.15) is 0 Å². The molecule has 0 spiro atoms. The summed E-state index contributed by atoms with van der Waals surface area (Å²) in [6.07, 6.45) is 1.49. The van der Waals surface area contributed by atoms with E-state index >= 15 is 0 Å². The first-order valence-corrected chi connectivity index (χ1v) is 8.70. The maximum absolute atomic E-state index is 12.9. The molecule has 0 saturated carbocycles. The lowest BCUT2D eigenvalue weighted by atomic mass is 10.2. The van der Waals surface area contributed by atoms with Gasteiger partial charge in [0.05, 0.1) is 11.2 Å². The minimum Gasteiger partial charge on any atom is -0.461 e. The first kappa shape index (κ1) is 18.1. The smallest absolute Gasteiger partial charge is 0.281 e. The van der Waals surface area contributed by atoms with Crippen LogP contribution in [-0.2, 0) is 6.54 Å². The average Bonchev–Trinajstić information content (AvgIpc) is 3.42. The van der Waals surface area contributed by atoms with Gasteiger partial charge < -0.3 is 9.73 Å². The zero-order valence-corrected chi connectivity index (χ0v) is 15.1. The SMILES string of the molecule is O=C(c1ccccc1)n1nc(-c2ccco2)nc1NCc1cccc([N+](=O)[O-])c1. The molecule has 4 aromatic rings. The van der Waals surface area contributed by atoms with Gasteiger partial charge in [-0.2, -0.15) is 9.67 Å². The van der Waals surface area contributed by atoms with E-state index in [1.54, 1.807) is 48.5 Å². The standard InChI is InChI=1S/C20H15N5O4/c26-19(15-7-2-1-3-8-15)24-20(22-18(23-24)17-10-5-11-29-17)21-13-14-6-4-9-16(12-14)25(27)28/h1-12H,13H2,(H,21,22,23). The summed E-state index contributed by atoms with van der Waals surface area (Å²) in [5.41, 5.74) is 1.10. The Balaban J connectivity index is 1.65. The number of rotatable bonds is 6. The zero-order valence-electron chi connectivity index (χ0n) is 15.1. The number of benzene rings is 2. The minimum atomic E-state index is -0.458. The van der Waals surface area contributed by atoms with Gasteiger partial charge in [0.25, 0.3) is 11.6 Å². The molecule has 0 unspecified atom stereocenters. The molecule has 2 aromatic heterocycles. The Morgan fingerprint density at radius 1 is 1.10 bits per heavy atom. The molecule has 0 radical (unpaired) electrons. The molecule has 4 rings (SSSR count). The highest BCUT2D eigenvalue weighted by Crippen LogP contribution is 2.20. The van der Waals surface area contributed by atoms with Gasteiger partial charge in [0.2, 0.25) is 11.8 Å². The molecule has 0 aliphatic carbocycles. The summed E-state index contributed by atoms with van der Waals surface area (Å²) in [7, 11) is 0. The Kier molecular flexibility index (Phi) is 4.85. The van der Waals surface area contributed by atoms with E-state index in [-0.39, 0.29) is 29.9 Å². The number of aromatic nitrogens is 3. The lowest BCUT2D eigenvalue weighted by Gasteiger charge is -2.07. The maximum atomic E-state index is 12.9. The summed E-state index contributed by atoms with van der Waals surface area (Å²) in [6, 6.07) is 18.3. The van der Waals surface area contributed by atoms with E-state index in [0.29, 0.717) is 16.9 Å². The Labute approximate surface area is 164 Å². The molecule has 2 heterocycles. The first-order chi connectivity index (χ1) is 14.1. The van der Waals surface area contributed by atoms with Crippen LogP contribution in [0.2, 0.25) is 0 Å². The molecule has 0 amide bonds. The fourth-order valence-corrected chi connectivity index (χ4v) is 2.74. The van der Waals surface area contributed by atoms with Gasteiger partial charge in [-0.05, 0) is 29.8 Å². The molecule has 0 aliphatic rings. The van der Waals surface area contributed by atoms with E-state index in [2.05, 4.69) is 15.4 Å². The van der Waals surface area contributed by atoms with Gasteiger partial charge in [-0.1, -0.05) is 30.3 Å². The van der Waals surface area contributed by atoms with Crippen LogP contribution in [0.5, 0.6) is 0 Å². The molecule has 9 nitrogen and oxygen atoms in total. The predicted molar refractivity (Wildman–Crippen MR) is 104 cm³/mol. The van der Waals surface area contributed by atoms with Gasteiger partial charge >= 0.3 is 0 Å². The van der Waals surface area contributed by atoms with Crippen LogP contribution in [0.15, 0.2) is 77.4 Å². The Bertz CT molecular complexity index is 1150. The van der Waals surface area contributed by atoms with Crippen LogP contribution in [0.1, 0.15) is 15.9 Å². The summed E-state index contributed by atoms with van der Waals surface area (Å²) in [5.74, 6) is 0.512. The second kappa shape index (κ2) is 7.77. The lowest BCUT2D eigenvalue weighted by molar-refractivity contribution is -0.384. The number of hydrogen-bond acceptors (Lipinski definition) is 7. The highest BCUT2D eigenvalue weighted by molar-refractivity contribution is 5.97. The second-order valence-electron chi connectivity index (χ2n) is 6.10. The van der Waals surface area contributed by atoms with Gasteiger partial charge in [-0.15, -0.1) is 5.10 Å². The van der Waals surface area contributed by atoms with E-state index in [4.69, 9.17) is 4.42 Å².